The first-order valence-electron chi connectivity index (χ1n) is 6.18. The number of aliphatic carboxylic acids is 1. The maximum absolute atomic E-state index is 11.2. The standard InChI is InChI=1S/C11H16N4O4/c1-3-13-7(2)12-9(15(18)19)10(13)14-6-4-5-8(14)11(16)17/h8H,3-6H2,1-2H3,(H,16,17). The predicted molar refractivity (Wildman–Crippen MR) is 67.3 cm³/mol. The number of aromatic nitrogens is 2. The van der Waals surface area contributed by atoms with Gasteiger partial charge in [-0.15, -0.1) is 0 Å². The number of carbonyl (C=O) groups is 1. The summed E-state index contributed by atoms with van der Waals surface area (Å²) < 4.78 is 1.69. The third-order valence-electron chi connectivity index (χ3n) is 3.41. The van der Waals surface area contributed by atoms with Crippen LogP contribution in [0.3, 0.4) is 0 Å². The Morgan fingerprint density at radius 3 is 2.84 bits per heavy atom. The zero-order chi connectivity index (χ0) is 14.2. The van der Waals surface area contributed by atoms with Gasteiger partial charge in [0.1, 0.15) is 6.04 Å². The van der Waals surface area contributed by atoms with Crippen molar-refractivity contribution in [2.45, 2.75) is 39.3 Å². The van der Waals surface area contributed by atoms with Gasteiger partial charge in [-0.2, -0.15) is 0 Å². The number of rotatable bonds is 4. The van der Waals surface area contributed by atoms with Crippen LogP contribution < -0.4 is 4.90 Å². The lowest BCUT2D eigenvalue weighted by Crippen LogP contribution is -2.37. The monoisotopic (exact) mass is 268 g/mol. The molecule has 8 nitrogen and oxygen atoms in total. The van der Waals surface area contributed by atoms with Crippen LogP contribution in [0.1, 0.15) is 25.6 Å². The third kappa shape index (κ3) is 2.13. The first kappa shape index (κ1) is 13.3. The zero-order valence-corrected chi connectivity index (χ0v) is 10.9. The molecule has 0 aliphatic carbocycles. The molecule has 1 aromatic rings. The van der Waals surface area contributed by atoms with E-state index in [1.807, 2.05) is 6.92 Å². The van der Waals surface area contributed by atoms with Gasteiger partial charge in [-0.25, -0.2) is 4.79 Å². The number of hydrogen-bond donors (Lipinski definition) is 1. The topological polar surface area (TPSA) is 101 Å². The van der Waals surface area contributed by atoms with Gasteiger partial charge in [0.05, 0.1) is 0 Å². The van der Waals surface area contributed by atoms with Crippen molar-refractivity contribution in [1.29, 1.82) is 0 Å². The SMILES string of the molecule is CCn1c(C)nc([N+](=O)[O-])c1N1CCCC1C(=O)O. The molecule has 104 valence electrons. The van der Waals surface area contributed by atoms with E-state index in [0.717, 1.165) is 0 Å². The minimum absolute atomic E-state index is 0.257. The van der Waals surface area contributed by atoms with E-state index in [1.165, 1.54) is 0 Å². The zero-order valence-electron chi connectivity index (χ0n) is 10.9. The van der Waals surface area contributed by atoms with Gasteiger partial charge < -0.3 is 20.1 Å². The quantitative estimate of drug-likeness (QED) is 0.649. The molecule has 8 heteroatoms. The summed E-state index contributed by atoms with van der Waals surface area (Å²) in [4.78, 5) is 27.3. The second kappa shape index (κ2) is 4.87. The van der Waals surface area contributed by atoms with Crippen molar-refractivity contribution < 1.29 is 14.8 Å². The van der Waals surface area contributed by atoms with Crippen LogP contribution in [0.5, 0.6) is 0 Å². The van der Waals surface area contributed by atoms with Crippen LogP contribution in [0, 0.1) is 17.0 Å². The molecule has 0 spiro atoms. The van der Waals surface area contributed by atoms with E-state index in [1.54, 1.807) is 16.4 Å². The first-order valence-corrected chi connectivity index (χ1v) is 6.18. The Balaban J connectivity index is 2.53. The summed E-state index contributed by atoms with van der Waals surface area (Å²) >= 11 is 0. The van der Waals surface area contributed by atoms with Crippen molar-refractivity contribution in [2.75, 3.05) is 11.4 Å². The van der Waals surface area contributed by atoms with Gasteiger partial charge in [0, 0.05) is 20.0 Å². The minimum atomic E-state index is -0.951. The lowest BCUT2D eigenvalue weighted by atomic mass is 10.2. The lowest BCUT2D eigenvalue weighted by Gasteiger charge is -2.23. The first-order chi connectivity index (χ1) is 8.97. The number of nitro groups is 1. The van der Waals surface area contributed by atoms with Gasteiger partial charge in [-0.05, 0) is 29.7 Å². The van der Waals surface area contributed by atoms with Crippen LogP contribution in [0.25, 0.3) is 0 Å². The fourth-order valence-electron chi connectivity index (χ4n) is 2.60. The lowest BCUT2D eigenvalue weighted by molar-refractivity contribution is -0.388. The fraction of sp³-hybridized carbons (Fsp3) is 0.636. The second-order valence-electron chi connectivity index (χ2n) is 4.50. The van der Waals surface area contributed by atoms with Gasteiger partial charge in [0.2, 0.25) is 11.6 Å². The highest BCUT2D eigenvalue weighted by molar-refractivity contribution is 5.79. The third-order valence-corrected chi connectivity index (χ3v) is 3.41. The largest absolute Gasteiger partial charge is 0.480 e. The molecule has 1 aliphatic heterocycles. The highest BCUT2D eigenvalue weighted by Crippen LogP contribution is 2.34. The van der Waals surface area contributed by atoms with E-state index >= 15 is 0 Å². The molecule has 0 bridgehead atoms. The summed E-state index contributed by atoms with van der Waals surface area (Å²) in [5, 5.41) is 20.3. The molecule has 1 atom stereocenters. The van der Waals surface area contributed by atoms with E-state index in [9.17, 15) is 20.0 Å². The molecule has 2 heterocycles. The Bertz CT molecular complexity index is 525. The van der Waals surface area contributed by atoms with Gasteiger partial charge >= 0.3 is 11.8 Å². The van der Waals surface area contributed by atoms with E-state index in [2.05, 4.69) is 4.98 Å². The molecule has 1 aromatic heterocycles. The van der Waals surface area contributed by atoms with Gasteiger partial charge in [0.15, 0.2) is 0 Å². The molecule has 0 radical (unpaired) electrons. The molecule has 0 amide bonds. The number of carboxylic acids is 1. The minimum Gasteiger partial charge on any atom is -0.480 e. The van der Waals surface area contributed by atoms with Crippen molar-refractivity contribution in [1.82, 2.24) is 9.55 Å². The predicted octanol–water partition coefficient (Wildman–Crippen LogP) is 1.17. The van der Waals surface area contributed by atoms with Crippen LogP contribution in [-0.4, -0.2) is 38.1 Å². The van der Waals surface area contributed by atoms with Crippen LogP contribution >= 0.6 is 0 Å². The molecule has 0 aromatic carbocycles. The molecular weight excluding hydrogens is 252 g/mol. The molecule has 1 N–H and O–H groups in total. The smallest absolute Gasteiger partial charge is 0.406 e. The number of anilines is 1. The second-order valence-corrected chi connectivity index (χ2v) is 4.50. The Kier molecular flexibility index (Phi) is 3.41. The summed E-state index contributed by atoms with van der Waals surface area (Å²) in [6, 6.07) is -0.708. The summed E-state index contributed by atoms with van der Waals surface area (Å²) in [6.45, 7) is 4.56. The molecule has 19 heavy (non-hydrogen) atoms. The number of carboxylic acid groups (broad SMARTS) is 1. The molecule has 0 saturated carbocycles. The van der Waals surface area contributed by atoms with Crippen LogP contribution in [0.4, 0.5) is 11.6 Å². The summed E-state index contributed by atoms with van der Waals surface area (Å²) in [5.74, 6) is -0.365. The average Bonchev–Trinajstić information content (AvgIpc) is 2.91. The number of hydrogen-bond acceptors (Lipinski definition) is 5. The Hall–Kier alpha value is -2.12. The maximum atomic E-state index is 11.2. The van der Waals surface area contributed by atoms with Crippen molar-refractivity contribution in [3.05, 3.63) is 15.9 Å². The van der Waals surface area contributed by atoms with Crippen molar-refractivity contribution >= 4 is 17.6 Å². The molecule has 1 saturated heterocycles. The molecular formula is C11H16N4O4. The van der Waals surface area contributed by atoms with Crippen molar-refractivity contribution in [3.8, 4) is 0 Å². The average molecular weight is 268 g/mol. The fourth-order valence-corrected chi connectivity index (χ4v) is 2.60. The molecule has 1 fully saturated rings. The Morgan fingerprint density at radius 1 is 1.63 bits per heavy atom. The number of nitrogens with zero attached hydrogens (tertiary/aromatic N) is 4. The van der Waals surface area contributed by atoms with Crippen molar-refractivity contribution in [2.24, 2.45) is 0 Å². The van der Waals surface area contributed by atoms with Crippen molar-refractivity contribution in [3.63, 3.8) is 0 Å². The van der Waals surface area contributed by atoms with Crippen LogP contribution in [0.15, 0.2) is 0 Å². The summed E-state index contributed by atoms with van der Waals surface area (Å²) in [5.41, 5.74) is 0. The maximum Gasteiger partial charge on any atom is 0.406 e. The number of aryl methyl sites for hydroxylation is 1. The molecule has 1 aliphatic rings. The number of imidazole rings is 1. The van der Waals surface area contributed by atoms with Crippen LogP contribution in [0.2, 0.25) is 0 Å². The molecule has 2 rings (SSSR count). The van der Waals surface area contributed by atoms with Crippen LogP contribution in [-0.2, 0) is 11.3 Å². The summed E-state index contributed by atoms with van der Waals surface area (Å²) in [7, 11) is 0. The van der Waals surface area contributed by atoms with Gasteiger partial charge in [-0.1, -0.05) is 0 Å². The highest BCUT2D eigenvalue weighted by Gasteiger charge is 2.38. The summed E-state index contributed by atoms with van der Waals surface area (Å²) in [6.07, 6.45) is 1.21. The highest BCUT2D eigenvalue weighted by atomic mass is 16.6. The van der Waals surface area contributed by atoms with E-state index in [0.29, 0.717) is 37.6 Å². The van der Waals surface area contributed by atoms with Gasteiger partial charge in [0.25, 0.3) is 0 Å². The van der Waals surface area contributed by atoms with E-state index < -0.39 is 16.9 Å². The normalized spacial score (nSPS) is 18.8. The Labute approximate surface area is 109 Å². The van der Waals surface area contributed by atoms with E-state index in [4.69, 9.17) is 0 Å². The molecule has 1 unspecified atom stereocenters. The Morgan fingerprint density at radius 2 is 2.32 bits per heavy atom. The van der Waals surface area contributed by atoms with E-state index in [-0.39, 0.29) is 5.82 Å². The van der Waals surface area contributed by atoms with Gasteiger partial charge in [-0.3, -0.25) is 4.57 Å².